The zero-order valence-electron chi connectivity index (χ0n) is 11.4. The van der Waals surface area contributed by atoms with E-state index in [2.05, 4.69) is 38.7 Å². The van der Waals surface area contributed by atoms with Crippen molar-refractivity contribution in [2.45, 2.75) is 65.3 Å². The Labute approximate surface area is 102 Å². The van der Waals surface area contributed by atoms with Gasteiger partial charge in [-0.15, -0.1) is 6.58 Å². The third-order valence-electron chi connectivity index (χ3n) is 2.67. The smallest absolute Gasteiger partial charge is 0.00105 e. The van der Waals surface area contributed by atoms with Crippen LogP contribution in [0.3, 0.4) is 0 Å². The molecule has 0 amide bonds. The molecule has 16 heavy (non-hydrogen) atoms. The molecule has 0 aromatic rings. The number of hydrogen-bond acceptors (Lipinski definition) is 1. The summed E-state index contributed by atoms with van der Waals surface area (Å²) < 4.78 is 0. The molecule has 1 nitrogen and oxygen atoms in total. The van der Waals surface area contributed by atoms with Crippen LogP contribution in [0.5, 0.6) is 0 Å². The molecule has 0 unspecified atom stereocenters. The Bertz CT molecular complexity index is 192. The van der Waals surface area contributed by atoms with Gasteiger partial charge in [0.15, 0.2) is 0 Å². The summed E-state index contributed by atoms with van der Waals surface area (Å²) in [6, 6.07) is 0.604. The predicted molar refractivity (Wildman–Crippen MR) is 74.8 cm³/mol. The molecule has 0 bridgehead atoms. The topological polar surface area (TPSA) is 12.0 Å². The van der Waals surface area contributed by atoms with Crippen molar-refractivity contribution in [1.82, 2.24) is 5.32 Å². The van der Waals surface area contributed by atoms with Crippen LogP contribution in [-0.4, -0.2) is 12.6 Å². The van der Waals surface area contributed by atoms with Crippen LogP contribution in [0.15, 0.2) is 24.3 Å². The maximum absolute atomic E-state index is 3.74. The van der Waals surface area contributed by atoms with Gasteiger partial charge < -0.3 is 5.32 Å². The molecule has 0 fully saturated rings. The maximum atomic E-state index is 3.74. The van der Waals surface area contributed by atoms with Crippen molar-refractivity contribution in [2.24, 2.45) is 0 Å². The van der Waals surface area contributed by atoms with Crippen LogP contribution in [0.25, 0.3) is 0 Å². The van der Waals surface area contributed by atoms with Crippen LogP contribution in [-0.2, 0) is 0 Å². The van der Waals surface area contributed by atoms with Crippen LogP contribution in [0.4, 0.5) is 0 Å². The van der Waals surface area contributed by atoms with Gasteiger partial charge in [0.25, 0.3) is 0 Å². The summed E-state index contributed by atoms with van der Waals surface area (Å²) in [5.74, 6) is 0. The highest BCUT2D eigenvalue weighted by atomic mass is 14.9. The minimum atomic E-state index is 0.604. The molecular formula is C15H29N. The molecule has 94 valence electrons. The summed E-state index contributed by atoms with van der Waals surface area (Å²) >= 11 is 0. The number of nitrogens with one attached hydrogen (secondary N) is 1. The first-order chi connectivity index (χ1) is 7.66. The van der Waals surface area contributed by atoms with Gasteiger partial charge in [0.1, 0.15) is 0 Å². The second-order valence-corrected chi connectivity index (χ2v) is 4.84. The van der Waals surface area contributed by atoms with Crippen molar-refractivity contribution in [1.29, 1.82) is 0 Å². The first-order valence-electron chi connectivity index (χ1n) is 6.66. The van der Waals surface area contributed by atoms with E-state index >= 15 is 0 Å². The monoisotopic (exact) mass is 223 g/mol. The Morgan fingerprint density at radius 1 is 1.19 bits per heavy atom. The average molecular weight is 223 g/mol. The van der Waals surface area contributed by atoms with Crippen molar-refractivity contribution in [2.75, 3.05) is 6.54 Å². The van der Waals surface area contributed by atoms with Crippen LogP contribution < -0.4 is 5.32 Å². The lowest BCUT2D eigenvalue weighted by molar-refractivity contribution is 0.593. The third kappa shape index (κ3) is 11.5. The molecule has 0 rings (SSSR count). The Morgan fingerprint density at radius 2 is 1.94 bits per heavy atom. The van der Waals surface area contributed by atoms with Gasteiger partial charge in [0.2, 0.25) is 0 Å². The standard InChI is InChI=1S/C15H29N/c1-5-6-7-8-9-11-15(4)12-10-13-16-14(2)3/h5,12,14,16H,1,6-11,13H2,2-4H3/b15-12-. The highest BCUT2D eigenvalue weighted by molar-refractivity contribution is 4.97. The van der Waals surface area contributed by atoms with E-state index < -0.39 is 0 Å². The zero-order valence-corrected chi connectivity index (χ0v) is 11.4. The second-order valence-electron chi connectivity index (χ2n) is 4.84. The van der Waals surface area contributed by atoms with Crippen LogP contribution in [0, 0.1) is 0 Å². The SMILES string of the molecule is C=CCCCCC/C(C)=C\CCNC(C)C. The lowest BCUT2D eigenvalue weighted by Gasteiger charge is -2.06. The molecule has 0 saturated heterocycles. The van der Waals surface area contributed by atoms with Crippen LogP contribution in [0.2, 0.25) is 0 Å². The zero-order chi connectivity index (χ0) is 12.2. The first-order valence-corrected chi connectivity index (χ1v) is 6.66. The summed E-state index contributed by atoms with van der Waals surface area (Å²) in [6.07, 6.45) is 11.9. The summed E-state index contributed by atoms with van der Waals surface area (Å²) in [5.41, 5.74) is 1.55. The number of allylic oxidation sites excluding steroid dienone is 2. The molecule has 0 aliphatic carbocycles. The predicted octanol–water partition coefficient (Wildman–Crippen LogP) is 4.46. The van der Waals surface area contributed by atoms with Crippen molar-refractivity contribution in [3.05, 3.63) is 24.3 Å². The molecule has 0 aromatic carbocycles. The summed E-state index contributed by atoms with van der Waals surface area (Å²) in [4.78, 5) is 0. The van der Waals surface area contributed by atoms with E-state index in [1.54, 1.807) is 5.57 Å². The highest BCUT2D eigenvalue weighted by Gasteiger charge is 1.93. The fourth-order valence-electron chi connectivity index (χ4n) is 1.66. The highest BCUT2D eigenvalue weighted by Crippen LogP contribution is 2.10. The number of unbranched alkanes of at least 4 members (excludes halogenated alkanes) is 3. The Balaban J connectivity index is 3.37. The fourth-order valence-corrected chi connectivity index (χ4v) is 1.66. The van der Waals surface area contributed by atoms with Gasteiger partial charge in [-0.3, -0.25) is 0 Å². The van der Waals surface area contributed by atoms with E-state index in [9.17, 15) is 0 Å². The summed E-state index contributed by atoms with van der Waals surface area (Å²) in [7, 11) is 0. The molecule has 1 N–H and O–H groups in total. The number of hydrogen-bond donors (Lipinski definition) is 1. The van der Waals surface area contributed by atoms with Gasteiger partial charge in [0.05, 0.1) is 0 Å². The van der Waals surface area contributed by atoms with Gasteiger partial charge in [-0.1, -0.05) is 38.0 Å². The van der Waals surface area contributed by atoms with E-state index in [1.165, 1.54) is 32.1 Å². The number of rotatable bonds is 10. The summed E-state index contributed by atoms with van der Waals surface area (Å²) in [6.45, 7) is 11.5. The maximum Gasteiger partial charge on any atom is 0.00105 e. The Hall–Kier alpha value is -0.560. The van der Waals surface area contributed by atoms with E-state index in [0.29, 0.717) is 6.04 Å². The van der Waals surface area contributed by atoms with Crippen LogP contribution >= 0.6 is 0 Å². The molecule has 0 atom stereocenters. The molecule has 0 heterocycles. The molecule has 0 saturated carbocycles. The van der Waals surface area contributed by atoms with E-state index in [1.807, 2.05) is 6.08 Å². The minimum Gasteiger partial charge on any atom is -0.314 e. The van der Waals surface area contributed by atoms with Crippen LogP contribution in [0.1, 0.15) is 59.3 Å². The summed E-state index contributed by atoms with van der Waals surface area (Å²) in [5, 5.41) is 3.43. The molecule has 0 radical (unpaired) electrons. The van der Waals surface area contributed by atoms with Crippen molar-refractivity contribution >= 4 is 0 Å². The first kappa shape index (κ1) is 15.4. The molecule has 1 heteroatoms. The van der Waals surface area contributed by atoms with Gasteiger partial charge in [-0.05, 0) is 45.6 Å². The van der Waals surface area contributed by atoms with Gasteiger partial charge >= 0.3 is 0 Å². The van der Waals surface area contributed by atoms with E-state index in [0.717, 1.165) is 13.0 Å². The Morgan fingerprint density at radius 3 is 2.56 bits per heavy atom. The van der Waals surface area contributed by atoms with Crippen molar-refractivity contribution < 1.29 is 0 Å². The normalized spacial score (nSPS) is 12.1. The molecule has 0 aliphatic heterocycles. The largest absolute Gasteiger partial charge is 0.314 e. The third-order valence-corrected chi connectivity index (χ3v) is 2.67. The van der Waals surface area contributed by atoms with Gasteiger partial charge in [0, 0.05) is 6.04 Å². The minimum absolute atomic E-state index is 0.604. The molecular weight excluding hydrogens is 194 g/mol. The molecule has 0 aromatic heterocycles. The van der Waals surface area contributed by atoms with E-state index in [4.69, 9.17) is 0 Å². The lowest BCUT2D eigenvalue weighted by atomic mass is 10.1. The van der Waals surface area contributed by atoms with Gasteiger partial charge in [-0.25, -0.2) is 0 Å². The quantitative estimate of drug-likeness (QED) is 0.426. The molecule has 0 aliphatic rings. The fraction of sp³-hybridized carbons (Fsp3) is 0.733. The van der Waals surface area contributed by atoms with Crippen molar-refractivity contribution in [3.8, 4) is 0 Å². The lowest BCUT2D eigenvalue weighted by Crippen LogP contribution is -2.23. The van der Waals surface area contributed by atoms with Crippen molar-refractivity contribution in [3.63, 3.8) is 0 Å². The Kier molecular flexibility index (Phi) is 10.6. The molecule has 0 spiro atoms. The van der Waals surface area contributed by atoms with E-state index in [-0.39, 0.29) is 0 Å². The van der Waals surface area contributed by atoms with Gasteiger partial charge in [-0.2, -0.15) is 0 Å². The average Bonchev–Trinajstić information content (AvgIpc) is 2.24. The second kappa shape index (κ2) is 10.9.